The number of carbonyl (C=O) groups is 1. The average molecular weight is 475 g/mol. The molecule has 0 saturated carbocycles. The molecule has 0 unspecified atom stereocenters. The topological polar surface area (TPSA) is 69.7 Å². The number of nitrogens with zero attached hydrogens (tertiary/aromatic N) is 1. The van der Waals surface area contributed by atoms with Crippen LogP contribution in [-0.2, 0) is 4.79 Å². The molecule has 6 nitrogen and oxygen atoms in total. The van der Waals surface area contributed by atoms with Crippen molar-refractivity contribution in [2.45, 2.75) is 12.8 Å². The van der Waals surface area contributed by atoms with Crippen molar-refractivity contribution < 1.29 is 19.0 Å². The second-order valence-electron chi connectivity index (χ2n) is 6.35. The quantitative estimate of drug-likeness (QED) is 0.480. The van der Waals surface area contributed by atoms with Crippen LogP contribution in [0.4, 0.5) is 5.13 Å². The maximum atomic E-state index is 12.2. The first-order valence-electron chi connectivity index (χ1n) is 9.21. The normalized spacial score (nSPS) is 12.4. The summed E-state index contributed by atoms with van der Waals surface area (Å²) < 4.78 is 17.8. The number of anilines is 1. The first-order valence-corrected chi connectivity index (χ1v) is 10.9. The van der Waals surface area contributed by atoms with Crippen LogP contribution in [0.5, 0.6) is 17.2 Å². The fraction of sp³-hybridized carbons (Fsp3) is 0.238. The zero-order valence-electron chi connectivity index (χ0n) is 15.5. The van der Waals surface area contributed by atoms with E-state index in [-0.39, 0.29) is 5.91 Å². The third-order valence-corrected chi connectivity index (χ3v) is 5.45. The largest absolute Gasteiger partial charge is 0.494 e. The van der Waals surface area contributed by atoms with E-state index in [4.69, 9.17) is 14.2 Å². The van der Waals surface area contributed by atoms with Gasteiger partial charge in [-0.15, -0.1) is 11.3 Å². The van der Waals surface area contributed by atoms with E-state index in [9.17, 15) is 4.79 Å². The molecule has 0 spiro atoms. The number of benzene rings is 2. The molecular formula is C21H19BrN2O4S. The Morgan fingerprint density at radius 3 is 2.90 bits per heavy atom. The van der Waals surface area contributed by atoms with Gasteiger partial charge in [0.15, 0.2) is 16.6 Å². The number of halogens is 1. The highest BCUT2D eigenvalue weighted by molar-refractivity contribution is 9.10. The van der Waals surface area contributed by atoms with Crippen LogP contribution in [0.3, 0.4) is 0 Å². The van der Waals surface area contributed by atoms with Gasteiger partial charge < -0.3 is 19.5 Å². The zero-order chi connectivity index (χ0) is 20.1. The maximum absolute atomic E-state index is 12.2. The summed E-state index contributed by atoms with van der Waals surface area (Å²) in [5, 5.41) is 5.34. The summed E-state index contributed by atoms with van der Waals surface area (Å²) in [4.78, 5) is 16.7. The van der Waals surface area contributed by atoms with Crippen LogP contribution in [0.15, 0.2) is 52.3 Å². The van der Waals surface area contributed by atoms with E-state index >= 15 is 0 Å². The second kappa shape index (κ2) is 9.28. The fourth-order valence-corrected chi connectivity index (χ4v) is 3.94. The molecule has 1 N–H and O–H groups in total. The lowest BCUT2D eigenvalue weighted by molar-refractivity contribution is -0.116. The van der Waals surface area contributed by atoms with Crippen LogP contribution in [0.2, 0.25) is 0 Å². The van der Waals surface area contributed by atoms with E-state index in [1.54, 1.807) is 0 Å². The number of amides is 1. The molecule has 8 heteroatoms. The van der Waals surface area contributed by atoms with Crippen molar-refractivity contribution in [2.75, 3.05) is 25.1 Å². The molecule has 2 heterocycles. The number of ether oxygens (including phenoxy) is 3. The van der Waals surface area contributed by atoms with Gasteiger partial charge >= 0.3 is 0 Å². The first-order chi connectivity index (χ1) is 14.2. The molecule has 150 valence electrons. The number of hydrogen-bond acceptors (Lipinski definition) is 6. The zero-order valence-corrected chi connectivity index (χ0v) is 17.9. The minimum absolute atomic E-state index is 0.0779. The Balaban J connectivity index is 1.27. The lowest BCUT2D eigenvalue weighted by Gasteiger charge is -2.18. The fourth-order valence-electron chi connectivity index (χ4n) is 2.83. The van der Waals surface area contributed by atoms with E-state index in [0.29, 0.717) is 37.8 Å². The van der Waals surface area contributed by atoms with Gasteiger partial charge in [-0.3, -0.25) is 4.79 Å². The molecule has 3 aromatic rings. The van der Waals surface area contributed by atoms with E-state index in [2.05, 4.69) is 26.2 Å². The maximum Gasteiger partial charge on any atom is 0.226 e. The molecule has 4 rings (SSSR count). The molecule has 0 fully saturated rings. The second-order valence-corrected chi connectivity index (χ2v) is 8.13. The summed E-state index contributed by atoms with van der Waals surface area (Å²) >= 11 is 4.80. The average Bonchev–Trinajstić information content (AvgIpc) is 3.19. The van der Waals surface area contributed by atoms with Crippen molar-refractivity contribution in [3.63, 3.8) is 0 Å². The number of nitrogens with one attached hydrogen (secondary N) is 1. The molecule has 0 aliphatic carbocycles. The summed E-state index contributed by atoms with van der Waals surface area (Å²) in [7, 11) is 0. The number of rotatable bonds is 7. The van der Waals surface area contributed by atoms with Gasteiger partial charge in [-0.25, -0.2) is 4.98 Å². The van der Waals surface area contributed by atoms with Crippen molar-refractivity contribution in [2.24, 2.45) is 0 Å². The van der Waals surface area contributed by atoms with Crippen LogP contribution >= 0.6 is 27.3 Å². The van der Waals surface area contributed by atoms with Gasteiger partial charge in [0.25, 0.3) is 0 Å². The monoisotopic (exact) mass is 474 g/mol. The standard InChI is InChI=1S/C21H19BrN2O4S/c22-15-3-1-4-16(12-15)26-8-2-5-20(25)24-21-23-17(13-29-21)14-6-7-18-19(11-14)28-10-9-27-18/h1,3-4,6-7,11-13H,2,5,8-10H2,(H,23,24,25). The lowest BCUT2D eigenvalue weighted by Crippen LogP contribution is -2.15. The molecule has 1 amide bonds. The van der Waals surface area contributed by atoms with Gasteiger partial charge in [-0.1, -0.05) is 22.0 Å². The molecule has 1 aromatic heterocycles. The Morgan fingerprint density at radius 2 is 2.03 bits per heavy atom. The Hall–Kier alpha value is -2.58. The Morgan fingerprint density at radius 1 is 1.17 bits per heavy atom. The van der Waals surface area contributed by atoms with Crippen molar-refractivity contribution in [1.82, 2.24) is 4.98 Å². The number of hydrogen-bond donors (Lipinski definition) is 1. The van der Waals surface area contributed by atoms with Crippen molar-refractivity contribution >= 4 is 38.3 Å². The highest BCUT2D eigenvalue weighted by Gasteiger charge is 2.14. The van der Waals surface area contributed by atoms with Crippen LogP contribution in [-0.4, -0.2) is 30.7 Å². The number of fused-ring (bicyclic) bond motifs is 1. The Labute approximate surface area is 181 Å². The van der Waals surface area contributed by atoms with Gasteiger partial charge in [0.2, 0.25) is 5.91 Å². The molecule has 0 atom stereocenters. The van der Waals surface area contributed by atoms with Crippen molar-refractivity contribution in [3.8, 4) is 28.5 Å². The first kappa shape index (κ1) is 19.7. The summed E-state index contributed by atoms with van der Waals surface area (Å²) in [6.45, 7) is 1.58. The van der Waals surface area contributed by atoms with Gasteiger partial charge in [0.1, 0.15) is 19.0 Å². The van der Waals surface area contributed by atoms with Gasteiger partial charge in [-0.2, -0.15) is 0 Å². The highest BCUT2D eigenvalue weighted by atomic mass is 79.9. The molecule has 1 aliphatic heterocycles. The predicted octanol–water partition coefficient (Wildman–Crippen LogP) is 5.14. The summed E-state index contributed by atoms with van der Waals surface area (Å²) in [5.74, 6) is 2.17. The third kappa shape index (κ3) is 5.27. The van der Waals surface area contributed by atoms with Crippen LogP contribution in [0, 0.1) is 0 Å². The van der Waals surface area contributed by atoms with E-state index in [0.717, 1.165) is 33.0 Å². The Bertz CT molecular complexity index is 1010. The van der Waals surface area contributed by atoms with E-state index in [1.165, 1.54) is 11.3 Å². The summed E-state index contributed by atoms with van der Waals surface area (Å²) in [6, 6.07) is 13.4. The molecule has 2 aromatic carbocycles. The van der Waals surface area contributed by atoms with E-state index in [1.807, 2.05) is 47.8 Å². The third-order valence-electron chi connectivity index (χ3n) is 4.20. The van der Waals surface area contributed by atoms with Crippen molar-refractivity contribution in [1.29, 1.82) is 0 Å². The van der Waals surface area contributed by atoms with Crippen LogP contribution < -0.4 is 19.5 Å². The van der Waals surface area contributed by atoms with Gasteiger partial charge in [-0.05, 0) is 42.8 Å². The SMILES string of the molecule is O=C(CCCOc1cccc(Br)c1)Nc1nc(-c2ccc3c(c2)OCCO3)cs1. The van der Waals surface area contributed by atoms with Crippen molar-refractivity contribution in [3.05, 3.63) is 52.3 Å². The van der Waals surface area contributed by atoms with Gasteiger partial charge in [0, 0.05) is 21.8 Å². The minimum Gasteiger partial charge on any atom is -0.494 e. The summed E-state index contributed by atoms with van der Waals surface area (Å²) in [6.07, 6.45) is 0.992. The summed E-state index contributed by atoms with van der Waals surface area (Å²) in [5.41, 5.74) is 1.72. The molecule has 29 heavy (non-hydrogen) atoms. The molecular weight excluding hydrogens is 456 g/mol. The van der Waals surface area contributed by atoms with E-state index < -0.39 is 0 Å². The highest BCUT2D eigenvalue weighted by Crippen LogP contribution is 2.35. The molecule has 0 saturated heterocycles. The number of thiazole rings is 1. The molecule has 1 aliphatic rings. The number of carbonyl (C=O) groups excluding carboxylic acids is 1. The van der Waals surface area contributed by atoms with Crippen LogP contribution in [0.1, 0.15) is 12.8 Å². The predicted molar refractivity (Wildman–Crippen MR) is 116 cm³/mol. The Kier molecular flexibility index (Phi) is 6.31. The van der Waals surface area contributed by atoms with Crippen LogP contribution in [0.25, 0.3) is 11.3 Å². The lowest BCUT2D eigenvalue weighted by atomic mass is 10.1. The minimum atomic E-state index is -0.0779. The smallest absolute Gasteiger partial charge is 0.226 e. The molecule has 0 bridgehead atoms. The van der Waals surface area contributed by atoms with Gasteiger partial charge in [0.05, 0.1) is 12.3 Å². The number of aromatic nitrogens is 1. The molecule has 0 radical (unpaired) electrons.